The van der Waals surface area contributed by atoms with Crippen LogP contribution >= 0.6 is 0 Å². The Kier molecular flexibility index (Phi) is 5.68. The van der Waals surface area contributed by atoms with Crippen LogP contribution in [0.1, 0.15) is 24.8 Å². The van der Waals surface area contributed by atoms with Gasteiger partial charge in [-0.05, 0) is 24.6 Å². The molecule has 3 rings (SSSR count). The Bertz CT molecular complexity index is 794. The molecule has 0 saturated carbocycles. The molecule has 0 spiro atoms. The van der Waals surface area contributed by atoms with E-state index in [0.29, 0.717) is 30.2 Å². The van der Waals surface area contributed by atoms with Crippen molar-refractivity contribution in [1.82, 2.24) is 15.6 Å². The second-order valence-electron chi connectivity index (χ2n) is 6.00. The topological polar surface area (TPSA) is 89.6 Å². The quantitative estimate of drug-likeness (QED) is 0.794. The number of nitrogens with one attached hydrogen (secondary N) is 2. The number of hydrogen-bond donors (Lipinski definition) is 2. The first kappa shape index (κ1) is 17.7. The van der Waals surface area contributed by atoms with Gasteiger partial charge in [0.05, 0.1) is 7.11 Å². The Morgan fingerprint density at radius 2 is 2.08 bits per heavy atom. The van der Waals surface area contributed by atoms with Crippen molar-refractivity contribution in [3.63, 3.8) is 0 Å². The predicted octanol–water partition coefficient (Wildman–Crippen LogP) is 2.17. The number of carbonyl (C=O) groups excluding carboxylic acids is 2. The number of nitrogens with zero attached hydrogens (tertiary/aromatic N) is 1. The third-order valence-corrected chi connectivity index (χ3v) is 4.12. The SMILES string of the molecule is COc1ccccc1Oc1ncccc1CNC(=O)C[C@@H]1CCC(=O)N1. The number of benzene rings is 1. The fourth-order valence-corrected chi connectivity index (χ4v) is 2.78. The van der Waals surface area contributed by atoms with Crippen molar-refractivity contribution in [3.05, 3.63) is 48.2 Å². The van der Waals surface area contributed by atoms with Crippen molar-refractivity contribution in [1.29, 1.82) is 0 Å². The van der Waals surface area contributed by atoms with Crippen LogP contribution in [0.2, 0.25) is 0 Å². The highest BCUT2D eigenvalue weighted by atomic mass is 16.5. The lowest BCUT2D eigenvalue weighted by molar-refractivity contribution is -0.121. The maximum absolute atomic E-state index is 12.1. The smallest absolute Gasteiger partial charge is 0.224 e. The third kappa shape index (κ3) is 4.50. The van der Waals surface area contributed by atoms with Gasteiger partial charge >= 0.3 is 0 Å². The number of amides is 2. The van der Waals surface area contributed by atoms with Crippen LogP contribution in [0.4, 0.5) is 0 Å². The van der Waals surface area contributed by atoms with Crippen LogP contribution in [0, 0.1) is 0 Å². The molecule has 1 saturated heterocycles. The number of methoxy groups -OCH3 is 1. The Morgan fingerprint density at radius 1 is 1.27 bits per heavy atom. The van der Waals surface area contributed by atoms with Crippen molar-refractivity contribution in [2.45, 2.75) is 31.8 Å². The van der Waals surface area contributed by atoms with Crippen molar-refractivity contribution in [2.24, 2.45) is 0 Å². The van der Waals surface area contributed by atoms with Gasteiger partial charge in [-0.1, -0.05) is 18.2 Å². The zero-order valence-electron chi connectivity index (χ0n) is 14.5. The van der Waals surface area contributed by atoms with Crippen LogP contribution < -0.4 is 20.1 Å². The third-order valence-electron chi connectivity index (χ3n) is 4.12. The zero-order valence-corrected chi connectivity index (χ0v) is 14.5. The molecular weight excluding hydrogens is 334 g/mol. The minimum Gasteiger partial charge on any atom is -0.493 e. The molecule has 2 amide bonds. The molecule has 0 radical (unpaired) electrons. The maximum atomic E-state index is 12.1. The predicted molar refractivity (Wildman–Crippen MR) is 94.9 cm³/mol. The van der Waals surface area contributed by atoms with Crippen molar-refractivity contribution < 1.29 is 19.1 Å². The van der Waals surface area contributed by atoms with Crippen LogP contribution in [0.15, 0.2) is 42.6 Å². The van der Waals surface area contributed by atoms with Gasteiger partial charge in [-0.15, -0.1) is 0 Å². The first-order valence-corrected chi connectivity index (χ1v) is 8.46. The van der Waals surface area contributed by atoms with Gasteiger partial charge in [0.2, 0.25) is 17.7 Å². The standard InChI is InChI=1S/C19H21N3O4/c1-25-15-6-2-3-7-16(15)26-19-13(5-4-10-20-19)12-21-18(24)11-14-8-9-17(23)22-14/h2-7,10,14H,8-9,11-12H2,1H3,(H,21,24)(H,22,23)/t14-/m0/s1. The number of rotatable bonds is 7. The summed E-state index contributed by atoms with van der Waals surface area (Å²) in [5.41, 5.74) is 0.752. The van der Waals surface area contributed by atoms with E-state index in [9.17, 15) is 9.59 Å². The second kappa shape index (κ2) is 8.33. The summed E-state index contributed by atoms with van der Waals surface area (Å²) in [6, 6.07) is 10.8. The summed E-state index contributed by atoms with van der Waals surface area (Å²) >= 11 is 0. The summed E-state index contributed by atoms with van der Waals surface area (Å²) in [5.74, 6) is 1.44. The second-order valence-corrected chi connectivity index (χ2v) is 6.00. The van der Waals surface area contributed by atoms with Gasteiger partial charge in [0.25, 0.3) is 0 Å². The molecular formula is C19H21N3O4. The first-order chi connectivity index (χ1) is 12.7. The van der Waals surface area contributed by atoms with E-state index in [0.717, 1.165) is 5.56 Å². The molecule has 2 N–H and O–H groups in total. The number of aromatic nitrogens is 1. The molecule has 1 aliphatic heterocycles. The summed E-state index contributed by atoms with van der Waals surface area (Å²) in [7, 11) is 1.57. The summed E-state index contributed by atoms with van der Waals surface area (Å²) in [5, 5.41) is 5.64. The van der Waals surface area contributed by atoms with Gasteiger partial charge in [0, 0.05) is 37.2 Å². The minimum absolute atomic E-state index is 0.00236. The van der Waals surface area contributed by atoms with E-state index in [4.69, 9.17) is 9.47 Å². The lowest BCUT2D eigenvalue weighted by Gasteiger charge is -2.14. The molecule has 1 aliphatic rings. The van der Waals surface area contributed by atoms with Crippen LogP contribution in [-0.2, 0) is 16.1 Å². The molecule has 1 fully saturated rings. The highest BCUT2D eigenvalue weighted by Gasteiger charge is 2.23. The highest BCUT2D eigenvalue weighted by Crippen LogP contribution is 2.31. The van der Waals surface area contributed by atoms with Crippen LogP contribution in [0.25, 0.3) is 0 Å². The molecule has 2 heterocycles. The van der Waals surface area contributed by atoms with Crippen molar-refractivity contribution in [2.75, 3.05) is 7.11 Å². The van der Waals surface area contributed by atoms with Crippen LogP contribution in [0.3, 0.4) is 0 Å². The summed E-state index contributed by atoms with van der Waals surface area (Å²) in [6.45, 7) is 0.290. The number of carbonyl (C=O) groups is 2. The summed E-state index contributed by atoms with van der Waals surface area (Å²) in [6.07, 6.45) is 3.08. The molecule has 1 aromatic heterocycles. The van der Waals surface area contributed by atoms with Crippen LogP contribution in [-0.4, -0.2) is 29.9 Å². The number of hydrogen-bond acceptors (Lipinski definition) is 5. The summed E-state index contributed by atoms with van der Waals surface area (Å²) < 4.78 is 11.1. The maximum Gasteiger partial charge on any atom is 0.224 e. The van der Waals surface area contributed by atoms with Gasteiger partial charge in [-0.25, -0.2) is 4.98 Å². The van der Waals surface area contributed by atoms with E-state index in [1.807, 2.05) is 18.2 Å². The van der Waals surface area contributed by atoms with Gasteiger partial charge in [-0.2, -0.15) is 0 Å². The molecule has 7 heteroatoms. The van der Waals surface area contributed by atoms with E-state index in [-0.39, 0.29) is 30.8 Å². The summed E-state index contributed by atoms with van der Waals surface area (Å²) in [4.78, 5) is 27.6. The van der Waals surface area contributed by atoms with Crippen LogP contribution in [0.5, 0.6) is 17.4 Å². The van der Waals surface area contributed by atoms with E-state index < -0.39 is 0 Å². The Labute approximate surface area is 151 Å². The lowest BCUT2D eigenvalue weighted by atomic mass is 10.1. The molecule has 0 unspecified atom stereocenters. The average Bonchev–Trinajstić information content (AvgIpc) is 3.06. The zero-order chi connectivity index (χ0) is 18.4. The van der Waals surface area contributed by atoms with E-state index in [1.165, 1.54) is 0 Å². The molecule has 1 aromatic carbocycles. The molecule has 136 valence electrons. The van der Waals surface area contributed by atoms with Gasteiger partial charge in [0.1, 0.15) is 0 Å². The average molecular weight is 355 g/mol. The Hall–Kier alpha value is -3.09. The van der Waals surface area contributed by atoms with E-state index in [1.54, 1.807) is 31.5 Å². The minimum atomic E-state index is -0.121. The monoisotopic (exact) mass is 355 g/mol. The van der Waals surface area contributed by atoms with Gasteiger partial charge in [-0.3, -0.25) is 9.59 Å². The Balaban J connectivity index is 1.62. The molecule has 0 bridgehead atoms. The van der Waals surface area contributed by atoms with Gasteiger partial charge in [0.15, 0.2) is 11.5 Å². The number of pyridine rings is 1. The fraction of sp³-hybridized carbons (Fsp3) is 0.316. The molecule has 26 heavy (non-hydrogen) atoms. The normalized spacial score (nSPS) is 16.0. The van der Waals surface area contributed by atoms with Crippen molar-refractivity contribution in [3.8, 4) is 17.4 Å². The van der Waals surface area contributed by atoms with E-state index >= 15 is 0 Å². The van der Waals surface area contributed by atoms with Gasteiger partial charge < -0.3 is 20.1 Å². The van der Waals surface area contributed by atoms with E-state index in [2.05, 4.69) is 15.6 Å². The Morgan fingerprint density at radius 3 is 2.81 bits per heavy atom. The number of para-hydroxylation sites is 2. The lowest BCUT2D eigenvalue weighted by Crippen LogP contribution is -2.33. The van der Waals surface area contributed by atoms with Crippen molar-refractivity contribution >= 4 is 11.8 Å². The fourth-order valence-electron chi connectivity index (χ4n) is 2.78. The largest absolute Gasteiger partial charge is 0.493 e. The molecule has 0 aliphatic carbocycles. The molecule has 2 aromatic rings. The molecule has 1 atom stereocenters. The first-order valence-electron chi connectivity index (χ1n) is 8.46. The molecule has 7 nitrogen and oxygen atoms in total. The highest BCUT2D eigenvalue weighted by molar-refractivity contribution is 5.81. The number of ether oxygens (including phenoxy) is 2.